The molecule has 0 fully saturated rings. The third-order valence-corrected chi connectivity index (χ3v) is 3.47. The lowest BCUT2D eigenvalue weighted by Crippen LogP contribution is -2.04. The lowest BCUT2D eigenvalue weighted by atomic mass is 9.99. The van der Waals surface area contributed by atoms with E-state index in [2.05, 4.69) is 9.97 Å². The Hall–Kier alpha value is -2.04. The molecule has 0 amide bonds. The molecule has 0 bridgehead atoms. The fourth-order valence-corrected chi connectivity index (χ4v) is 2.37. The highest BCUT2D eigenvalue weighted by Gasteiger charge is 2.18. The molecule has 0 spiro atoms. The fourth-order valence-electron chi connectivity index (χ4n) is 2.16. The first kappa shape index (κ1) is 13.0. The summed E-state index contributed by atoms with van der Waals surface area (Å²) in [7, 11) is 0. The third kappa shape index (κ3) is 2.13. The van der Waals surface area contributed by atoms with Gasteiger partial charge in [0.25, 0.3) is 0 Å². The monoisotopic (exact) mass is 288 g/mol. The maximum Gasteiger partial charge on any atom is 0.147 e. The molecule has 1 N–H and O–H groups in total. The van der Waals surface area contributed by atoms with Crippen molar-refractivity contribution in [3.63, 3.8) is 0 Å². The quantitative estimate of drug-likeness (QED) is 0.785. The highest BCUT2D eigenvalue weighted by atomic mass is 35.5. The topological polar surface area (TPSA) is 46.0 Å². The van der Waals surface area contributed by atoms with Gasteiger partial charge in [0.2, 0.25) is 0 Å². The Kier molecular flexibility index (Phi) is 3.34. The van der Waals surface area contributed by atoms with E-state index in [1.165, 1.54) is 12.3 Å². The van der Waals surface area contributed by atoms with Crippen LogP contribution < -0.4 is 0 Å². The molecule has 5 heteroatoms. The van der Waals surface area contributed by atoms with Gasteiger partial charge in [-0.2, -0.15) is 0 Å². The maximum absolute atomic E-state index is 13.7. The van der Waals surface area contributed by atoms with Crippen LogP contribution in [0, 0.1) is 5.82 Å². The van der Waals surface area contributed by atoms with Crippen LogP contribution in [0.5, 0.6) is 0 Å². The van der Waals surface area contributed by atoms with Gasteiger partial charge in [-0.3, -0.25) is 9.97 Å². The molecule has 3 aromatic rings. The van der Waals surface area contributed by atoms with E-state index in [0.717, 1.165) is 11.6 Å². The first-order chi connectivity index (χ1) is 9.68. The molecule has 3 rings (SSSR count). The number of aliphatic hydroxyl groups excluding tert-OH is 1. The van der Waals surface area contributed by atoms with E-state index >= 15 is 0 Å². The number of nitrogens with zero attached hydrogens (tertiary/aromatic N) is 2. The maximum atomic E-state index is 13.7. The zero-order chi connectivity index (χ0) is 14.1. The second kappa shape index (κ2) is 5.15. The van der Waals surface area contributed by atoms with E-state index in [9.17, 15) is 9.50 Å². The fraction of sp³-hybridized carbons (Fsp3) is 0.0667. The Morgan fingerprint density at radius 1 is 1.10 bits per heavy atom. The SMILES string of the molecule is OC(c1ccncc1F)c1ccc(Cl)c2cccnc12. The summed E-state index contributed by atoms with van der Waals surface area (Å²) in [4.78, 5) is 7.91. The molecule has 1 atom stereocenters. The molecular formula is C15H10ClFN2O. The van der Waals surface area contributed by atoms with E-state index < -0.39 is 11.9 Å². The summed E-state index contributed by atoms with van der Waals surface area (Å²) < 4.78 is 13.7. The molecule has 100 valence electrons. The average Bonchev–Trinajstić information content (AvgIpc) is 2.48. The van der Waals surface area contributed by atoms with Crippen molar-refractivity contribution in [1.29, 1.82) is 0 Å². The van der Waals surface area contributed by atoms with Crippen molar-refractivity contribution < 1.29 is 9.50 Å². The number of hydrogen-bond acceptors (Lipinski definition) is 3. The standard InChI is InChI=1S/C15H10ClFN2O/c16-12-4-3-11(14-9(12)2-1-6-19-14)15(20)10-5-7-18-8-13(10)17/h1-8,15,20H. The summed E-state index contributed by atoms with van der Waals surface area (Å²) in [5.41, 5.74) is 1.23. The van der Waals surface area contributed by atoms with Crippen LogP contribution in [0.4, 0.5) is 4.39 Å². The van der Waals surface area contributed by atoms with E-state index in [1.807, 2.05) is 6.07 Å². The highest BCUT2D eigenvalue weighted by Crippen LogP contribution is 2.32. The first-order valence-electron chi connectivity index (χ1n) is 5.99. The summed E-state index contributed by atoms with van der Waals surface area (Å²) >= 11 is 6.11. The van der Waals surface area contributed by atoms with Gasteiger partial charge < -0.3 is 5.11 Å². The van der Waals surface area contributed by atoms with Crippen LogP contribution in [0.1, 0.15) is 17.2 Å². The summed E-state index contributed by atoms with van der Waals surface area (Å²) in [6.07, 6.45) is 3.00. The van der Waals surface area contributed by atoms with Crippen LogP contribution in [0.25, 0.3) is 10.9 Å². The molecule has 20 heavy (non-hydrogen) atoms. The van der Waals surface area contributed by atoms with Gasteiger partial charge in [0.1, 0.15) is 11.9 Å². The predicted molar refractivity (Wildman–Crippen MR) is 75.0 cm³/mol. The largest absolute Gasteiger partial charge is 0.383 e. The number of hydrogen-bond donors (Lipinski definition) is 1. The summed E-state index contributed by atoms with van der Waals surface area (Å²) in [5, 5.41) is 11.7. The van der Waals surface area contributed by atoms with Gasteiger partial charge in [-0.1, -0.05) is 17.7 Å². The van der Waals surface area contributed by atoms with Crippen LogP contribution in [0.3, 0.4) is 0 Å². The normalized spacial score (nSPS) is 12.6. The van der Waals surface area contributed by atoms with E-state index in [1.54, 1.807) is 24.4 Å². The van der Waals surface area contributed by atoms with Gasteiger partial charge in [-0.25, -0.2) is 4.39 Å². The summed E-state index contributed by atoms with van der Waals surface area (Å²) in [6.45, 7) is 0. The second-order valence-corrected chi connectivity index (χ2v) is 4.74. The van der Waals surface area contributed by atoms with Crippen molar-refractivity contribution in [2.75, 3.05) is 0 Å². The van der Waals surface area contributed by atoms with Gasteiger partial charge >= 0.3 is 0 Å². The second-order valence-electron chi connectivity index (χ2n) is 4.34. The number of benzene rings is 1. The van der Waals surface area contributed by atoms with E-state index in [0.29, 0.717) is 16.1 Å². The number of halogens is 2. The van der Waals surface area contributed by atoms with Gasteiger partial charge in [0.15, 0.2) is 0 Å². The van der Waals surface area contributed by atoms with Gasteiger partial charge in [0.05, 0.1) is 11.7 Å². The minimum Gasteiger partial charge on any atom is -0.383 e. The number of rotatable bonds is 2. The lowest BCUT2D eigenvalue weighted by molar-refractivity contribution is 0.216. The zero-order valence-corrected chi connectivity index (χ0v) is 11.0. The predicted octanol–water partition coefficient (Wildman–Crippen LogP) is 3.50. The molecule has 0 radical (unpaired) electrons. The molecule has 2 aromatic heterocycles. The lowest BCUT2D eigenvalue weighted by Gasteiger charge is -2.14. The van der Waals surface area contributed by atoms with Crippen LogP contribution in [-0.4, -0.2) is 15.1 Å². The van der Waals surface area contributed by atoms with Crippen LogP contribution in [0.15, 0.2) is 48.9 Å². The highest BCUT2D eigenvalue weighted by molar-refractivity contribution is 6.35. The minimum absolute atomic E-state index is 0.161. The van der Waals surface area contributed by atoms with Crippen LogP contribution >= 0.6 is 11.6 Å². The molecular weight excluding hydrogens is 279 g/mol. The molecule has 2 heterocycles. The Bertz CT molecular complexity index is 779. The van der Waals surface area contributed by atoms with Crippen molar-refractivity contribution in [2.24, 2.45) is 0 Å². The Balaban J connectivity index is 2.20. The van der Waals surface area contributed by atoms with Crippen LogP contribution in [-0.2, 0) is 0 Å². The number of pyridine rings is 2. The molecule has 3 nitrogen and oxygen atoms in total. The molecule has 0 aliphatic heterocycles. The van der Waals surface area contributed by atoms with Crippen molar-refractivity contribution >= 4 is 22.5 Å². The van der Waals surface area contributed by atoms with Gasteiger partial charge in [-0.05, 0) is 24.3 Å². The number of aliphatic hydroxyl groups is 1. The van der Waals surface area contributed by atoms with Gasteiger partial charge in [0, 0.05) is 33.9 Å². The molecule has 0 saturated carbocycles. The summed E-state index contributed by atoms with van der Waals surface area (Å²) in [6, 6.07) is 8.34. The summed E-state index contributed by atoms with van der Waals surface area (Å²) in [5.74, 6) is -0.556. The third-order valence-electron chi connectivity index (χ3n) is 3.14. The van der Waals surface area contributed by atoms with E-state index in [4.69, 9.17) is 11.6 Å². The smallest absolute Gasteiger partial charge is 0.147 e. The first-order valence-corrected chi connectivity index (χ1v) is 6.37. The molecule has 1 unspecified atom stereocenters. The molecule has 0 saturated heterocycles. The van der Waals surface area contributed by atoms with Gasteiger partial charge in [-0.15, -0.1) is 0 Å². The minimum atomic E-state index is -1.12. The Morgan fingerprint density at radius 3 is 2.75 bits per heavy atom. The Labute approximate surface area is 119 Å². The molecule has 0 aliphatic rings. The van der Waals surface area contributed by atoms with Crippen LogP contribution in [0.2, 0.25) is 5.02 Å². The average molecular weight is 289 g/mol. The molecule has 0 aliphatic carbocycles. The Morgan fingerprint density at radius 2 is 1.95 bits per heavy atom. The molecule has 1 aromatic carbocycles. The van der Waals surface area contributed by atoms with Crippen molar-refractivity contribution in [3.05, 3.63) is 70.9 Å². The number of fused-ring (bicyclic) bond motifs is 1. The zero-order valence-electron chi connectivity index (χ0n) is 10.3. The van der Waals surface area contributed by atoms with Crippen molar-refractivity contribution in [2.45, 2.75) is 6.10 Å². The van der Waals surface area contributed by atoms with Crippen molar-refractivity contribution in [3.8, 4) is 0 Å². The van der Waals surface area contributed by atoms with E-state index in [-0.39, 0.29) is 5.56 Å². The van der Waals surface area contributed by atoms with Crippen molar-refractivity contribution in [1.82, 2.24) is 9.97 Å². The number of aromatic nitrogens is 2.